The minimum absolute atomic E-state index is 0.716. The van der Waals surface area contributed by atoms with Gasteiger partial charge in [0.15, 0.2) is 0 Å². The van der Waals surface area contributed by atoms with Gasteiger partial charge in [0, 0.05) is 11.4 Å². The molecule has 0 aliphatic heterocycles. The predicted octanol–water partition coefficient (Wildman–Crippen LogP) is 3.02. The highest BCUT2D eigenvalue weighted by Gasteiger charge is 2.16. The number of hydrogen-bond donors (Lipinski definition) is 0. The van der Waals surface area contributed by atoms with E-state index in [1.807, 2.05) is 11.4 Å². The van der Waals surface area contributed by atoms with Crippen molar-refractivity contribution in [2.24, 2.45) is 0 Å². The van der Waals surface area contributed by atoms with Crippen molar-refractivity contribution >= 4 is 25.6 Å². The molecular formula is C12H20N4SSi. The Balaban J connectivity index is 2.36. The summed E-state index contributed by atoms with van der Waals surface area (Å²) in [4.78, 5) is 8.99. The van der Waals surface area contributed by atoms with Gasteiger partial charge in [-0.1, -0.05) is 31.4 Å². The molecule has 2 heterocycles. The van der Waals surface area contributed by atoms with Gasteiger partial charge in [-0.3, -0.25) is 0 Å². The van der Waals surface area contributed by atoms with Crippen molar-refractivity contribution in [1.29, 1.82) is 0 Å². The van der Waals surface area contributed by atoms with Gasteiger partial charge in [0.05, 0.1) is 8.07 Å². The third kappa shape index (κ3) is 2.75. The largest absolute Gasteiger partial charge is 0.253 e. The maximum Gasteiger partial charge on any atom is 0.253 e. The van der Waals surface area contributed by atoms with Crippen molar-refractivity contribution in [2.45, 2.75) is 45.6 Å². The van der Waals surface area contributed by atoms with Gasteiger partial charge in [-0.2, -0.15) is 4.98 Å². The van der Waals surface area contributed by atoms with Crippen LogP contribution in [-0.2, 0) is 0 Å². The predicted molar refractivity (Wildman–Crippen MR) is 79.1 cm³/mol. The molecule has 0 saturated carbocycles. The number of aromatic nitrogens is 4. The summed E-state index contributed by atoms with van der Waals surface area (Å²) in [5.74, 6) is 0.716. The number of fused-ring (bicyclic) bond motifs is 1. The van der Waals surface area contributed by atoms with Crippen molar-refractivity contribution in [1.82, 2.24) is 19.6 Å². The molecule has 0 bridgehead atoms. The van der Waals surface area contributed by atoms with E-state index in [0.29, 0.717) is 5.78 Å². The molecule has 98 valence electrons. The van der Waals surface area contributed by atoms with Gasteiger partial charge in [-0.25, -0.2) is 9.50 Å². The molecule has 2 rings (SSSR count). The smallest absolute Gasteiger partial charge is 0.216 e. The van der Waals surface area contributed by atoms with Crippen molar-refractivity contribution in [3.8, 4) is 0 Å². The third-order valence-corrected chi connectivity index (χ3v) is 7.35. The lowest BCUT2D eigenvalue weighted by atomic mass is 10.2. The number of rotatable bonds is 3. The van der Waals surface area contributed by atoms with E-state index >= 15 is 0 Å². The molecule has 0 aliphatic carbocycles. The summed E-state index contributed by atoms with van der Waals surface area (Å²) >= 11 is 1.75. The summed E-state index contributed by atoms with van der Waals surface area (Å²) in [5.41, 5.74) is 3.35. The van der Waals surface area contributed by atoms with E-state index < -0.39 is 8.07 Å². The van der Waals surface area contributed by atoms with Crippen LogP contribution < -0.4 is 0 Å². The highest BCUT2D eigenvalue weighted by Crippen LogP contribution is 2.20. The highest BCUT2D eigenvalue weighted by atomic mass is 32.2. The monoisotopic (exact) mass is 280 g/mol. The van der Waals surface area contributed by atoms with E-state index in [0.717, 1.165) is 21.9 Å². The minimum atomic E-state index is -1.07. The second kappa shape index (κ2) is 4.66. The van der Waals surface area contributed by atoms with Crippen LogP contribution in [0.2, 0.25) is 19.6 Å². The number of aryl methyl sites for hydroxylation is 2. The SMILES string of the molecule is Cc1nc2nc(SC[Si](C)(C)C)nn2c(C)c1C. The van der Waals surface area contributed by atoms with Gasteiger partial charge < -0.3 is 0 Å². The van der Waals surface area contributed by atoms with E-state index in [9.17, 15) is 0 Å². The van der Waals surface area contributed by atoms with E-state index in [2.05, 4.69) is 48.6 Å². The molecule has 0 radical (unpaired) electrons. The molecular weight excluding hydrogens is 260 g/mol. The first-order valence-corrected chi connectivity index (χ1v) is 10.8. The minimum Gasteiger partial charge on any atom is -0.216 e. The van der Waals surface area contributed by atoms with Crippen LogP contribution in [0, 0.1) is 20.8 Å². The van der Waals surface area contributed by atoms with Gasteiger partial charge in [-0.15, -0.1) is 5.10 Å². The van der Waals surface area contributed by atoms with Gasteiger partial charge in [0.1, 0.15) is 0 Å². The van der Waals surface area contributed by atoms with Crippen molar-refractivity contribution < 1.29 is 0 Å². The van der Waals surface area contributed by atoms with Crippen LogP contribution in [0.4, 0.5) is 0 Å². The summed E-state index contributed by atoms with van der Waals surface area (Å²) in [6, 6.07) is 0. The van der Waals surface area contributed by atoms with Gasteiger partial charge in [-0.05, 0) is 31.7 Å². The fourth-order valence-corrected chi connectivity index (χ4v) is 4.11. The summed E-state index contributed by atoms with van der Waals surface area (Å²) in [6.45, 7) is 13.2. The van der Waals surface area contributed by atoms with E-state index in [-0.39, 0.29) is 0 Å². The Morgan fingerprint density at radius 2 is 1.78 bits per heavy atom. The molecule has 0 fully saturated rings. The molecule has 0 unspecified atom stereocenters. The van der Waals surface area contributed by atoms with Crippen molar-refractivity contribution in [3.05, 3.63) is 17.0 Å². The zero-order valence-corrected chi connectivity index (χ0v) is 13.7. The van der Waals surface area contributed by atoms with Gasteiger partial charge in [0.2, 0.25) is 5.16 Å². The Morgan fingerprint density at radius 1 is 1.11 bits per heavy atom. The number of hydrogen-bond acceptors (Lipinski definition) is 4. The Bertz CT molecular complexity index is 586. The lowest BCUT2D eigenvalue weighted by molar-refractivity contribution is 0.833. The maximum absolute atomic E-state index is 4.55. The fourth-order valence-electron chi connectivity index (χ4n) is 1.58. The van der Waals surface area contributed by atoms with Crippen LogP contribution >= 0.6 is 11.8 Å². The molecule has 0 aromatic carbocycles. The Labute approximate surface area is 113 Å². The van der Waals surface area contributed by atoms with Crippen molar-refractivity contribution in [2.75, 3.05) is 5.38 Å². The van der Waals surface area contributed by atoms with Crippen LogP contribution in [0.1, 0.15) is 17.0 Å². The average Bonchev–Trinajstić information content (AvgIpc) is 2.66. The lowest BCUT2D eigenvalue weighted by Crippen LogP contribution is -2.23. The second-order valence-corrected chi connectivity index (χ2v) is 12.8. The quantitative estimate of drug-likeness (QED) is 0.640. The van der Waals surface area contributed by atoms with Crippen molar-refractivity contribution in [3.63, 3.8) is 0 Å². The topological polar surface area (TPSA) is 43.1 Å². The van der Waals surface area contributed by atoms with Crippen LogP contribution in [0.3, 0.4) is 0 Å². The van der Waals surface area contributed by atoms with Gasteiger partial charge in [0.25, 0.3) is 5.78 Å². The molecule has 0 amide bonds. The van der Waals surface area contributed by atoms with Crippen LogP contribution in [0.25, 0.3) is 5.78 Å². The summed E-state index contributed by atoms with van der Waals surface area (Å²) < 4.78 is 1.86. The highest BCUT2D eigenvalue weighted by molar-refractivity contribution is 8.00. The maximum atomic E-state index is 4.55. The molecule has 0 aliphatic rings. The molecule has 0 N–H and O–H groups in total. The normalized spacial score (nSPS) is 12.3. The van der Waals surface area contributed by atoms with E-state index in [4.69, 9.17) is 0 Å². The molecule has 0 spiro atoms. The van der Waals surface area contributed by atoms with E-state index in [1.165, 1.54) is 5.56 Å². The lowest BCUT2D eigenvalue weighted by Gasteiger charge is -2.12. The Morgan fingerprint density at radius 3 is 2.39 bits per heavy atom. The molecule has 2 aromatic heterocycles. The zero-order valence-electron chi connectivity index (χ0n) is 11.9. The Kier molecular flexibility index (Phi) is 3.51. The third-order valence-electron chi connectivity index (χ3n) is 2.88. The molecule has 0 saturated heterocycles. The summed E-state index contributed by atoms with van der Waals surface area (Å²) in [7, 11) is -1.07. The molecule has 6 heteroatoms. The first kappa shape index (κ1) is 13.5. The number of nitrogens with zero attached hydrogens (tertiary/aromatic N) is 4. The zero-order chi connectivity index (χ0) is 13.5. The summed E-state index contributed by atoms with van der Waals surface area (Å²) in [6.07, 6.45) is 0. The fraction of sp³-hybridized carbons (Fsp3) is 0.583. The van der Waals surface area contributed by atoms with Gasteiger partial charge >= 0.3 is 0 Å². The molecule has 2 aromatic rings. The first-order valence-electron chi connectivity index (χ1n) is 6.11. The van der Waals surface area contributed by atoms with E-state index in [1.54, 1.807) is 11.8 Å². The Hall–Kier alpha value is -0.883. The molecule has 0 atom stereocenters. The van der Waals surface area contributed by atoms with Crippen LogP contribution in [0.5, 0.6) is 0 Å². The standard InChI is InChI=1S/C12H20N4SSi/c1-8-9(2)13-11-14-12(15-16(11)10(8)3)17-7-18(4,5)6/h7H2,1-6H3. The second-order valence-electron chi connectivity index (χ2n) is 5.86. The van der Waals surface area contributed by atoms with Crippen LogP contribution in [0.15, 0.2) is 5.16 Å². The number of thioether (sulfide) groups is 1. The summed E-state index contributed by atoms with van der Waals surface area (Å²) in [5, 5.41) is 6.53. The molecule has 18 heavy (non-hydrogen) atoms. The van der Waals surface area contributed by atoms with Crippen LogP contribution in [-0.4, -0.2) is 33.0 Å². The average molecular weight is 280 g/mol. The first-order chi connectivity index (χ1) is 8.28. The molecule has 4 nitrogen and oxygen atoms in total.